The predicted octanol–water partition coefficient (Wildman–Crippen LogP) is 3.62. The summed E-state index contributed by atoms with van der Waals surface area (Å²) in [5.74, 6) is 0.383. The number of hydrogen-bond acceptors (Lipinski definition) is 3. The molecule has 1 saturated carbocycles. The lowest BCUT2D eigenvalue weighted by molar-refractivity contribution is -0.384. The summed E-state index contributed by atoms with van der Waals surface area (Å²) < 4.78 is 0.589. The highest BCUT2D eigenvalue weighted by atomic mass is 79.9. The molecular weight excluding hydrogens is 324 g/mol. The summed E-state index contributed by atoms with van der Waals surface area (Å²) in [5, 5.41) is 10.8. The maximum absolute atomic E-state index is 12.4. The van der Waals surface area contributed by atoms with E-state index < -0.39 is 4.92 Å². The van der Waals surface area contributed by atoms with Gasteiger partial charge in [-0.2, -0.15) is 0 Å². The second-order valence-electron chi connectivity index (χ2n) is 5.26. The van der Waals surface area contributed by atoms with E-state index in [1.54, 1.807) is 18.0 Å². The fourth-order valence-corrected chi connectivity index (χ4v) is 3.08. The van der Waals surface area contributed by atoms with E-state index in [1.165, 1.54) is 25.0 Å². The SMILES string of the molecule is CN(CC1CCCC1)C(=O)c1cc([N+](=O)[O-])ccc1Br. The van der Waals surface area contributed by atoms with E-state index in [2.05, 4.69) is 15.9 Å². The standard InChI is InChI=1S/C14H17BrN2O3/c1-16(9-10-4-2-3-5-10)14(18)12-8-11(17(19)20)6-7-13(12)15/h6-8,10H,2-5,9H2,1H3. The van der Waals surface area contributed by atoms with Gasteiger partial charge < -0.3 is 4.90 Å². The molecular formula is C14H17BrN2O3. The van der Waals surface area contributed by atoms with E-state index in [0.717, 1.165) is 12.8 Å². The van der Waals surface area contributed by atoms with Crippen LogP contribution in [0.3, 0.4) is 0 Å². The van der Waals surface area contributed by atoms with Crippen LogP contribution in [-0.2, 0) is 0 Å². The Kier molecular flexibility index (Phi) is 4.75. The third-order valence-electron chi connectivity index (χ3n) is 3.74. The Morgan fingerprint density at radius 3 is 2.70 bits per heavy atom. The number of nitro groups is 1. The van der Waals surface area contributed by atoms with Gasteiger partial charge in [0.05, 0.1) is 10.5 Å². The van der Waals surface area contributed by atoms with Crippen LogP contribution in [0.25, 0.3) is 0 Å². The lowest BCUT2D eigenvalue weighted by Gasteiger charge is -2.21. The highest BCUT2D eigenvalue weighted by Crippen LogP contribution is 2.27. The van der Waals surface area contributed by atoms with Gasteiger partial charge >= 0.3 is 0 Å². The van der Waals surface area contributed by atoms with Crippen LogP contribution < -0.4 is 0 Å². The van der Waals surface area contributed by atoms with Crippen LogP contribution in [0.4, 0.5) is 5.69 Å². The molecule has 1 aliphatic carbocycles. The van der Waals surface area contributed by atoms with E-state index in [-0.39, 0.29) is 11.6 Å². The molecule has 1 aromatic rings. The molecule has 108 valence electrons. The van der Waals surface area contributed by atoms with Gasteiger partial charge in [-0.05, 0) is 40.8 Å². The molecule has 0 atom stereocenters. The van der Waals surface area contributed by atoms with Gasteiger partial charge in [0, 0.05) is 30.2 Å². The van der Waals surface area contributed by atoms with Crippen molar-refractivity contribution in [3.63, 3.8) is 0 Å². The van der Waals surface area contributed by atoms with Crippen LogP contribution in [0.1, 0.15) is 36.0 Å². The molecule has 20 heavy (non-hydrogen) atoms. The van der Waals surface area contributed by atoms with Gasteiger partial charge in [-0.15, -0.1) is 0 Å². The van der Waals surface area contributed by atoms with Crippen molar-refractivity contribution in [3.8, 4) is 0 Å². The molecule has 5 nitrogen and oxygen atoms in total. The number of carbonyl (C=O) groups excluding carboxylic acids is 1. The average molecular weight is 341 g/mol. The highest BCUT2D eigenvalue weighted by molar-refractivity contribution is 9.10. The third kappa shape index (κ3) is 3.36. The Balaban J connectivity index is 2.14. The topological polar surface area (TPSA) is 63.5 Å². The molecule has 1 aromatic carbocycles. The number of non-ortho nitro benzene ring substituents is 1. The van der Waals surface area contributed by atoms with Gasteiger partial charge in [0.1, 0.15) is 0 Å². The molecule has 0 aromatic heterocycles. The minimum atomic E-state index is -0.486. The number of carbonyl (C=O) groups is 1. The molecule has 0 heterocycles. The van der Waals surface area contributed by atoms with Gasteiger partial charge in [0.15, 0.2) is 0 Å². The van der Waals surface area contributed by atoms with Crippen molar-refractivity contribution >= 4 is 27.5 Å². The summed E-state index contributed by atoms with van der Waals surface area (Å²) >= 11 is 3.29. The summed E-state index contributed by atoms with van der Waals surface area (Å²) in [4.78, 5) is 24.4. The zero-order valence-corrected chi connectivity index (χ0v) is 12.9. The maximum Gasteiger partial charge on any atom is 0.270 e. The molecule has 0 aliphatic heterocycles. The molecule has 1 fully saturated rings. The van der Waals surface area contributed by atoms with Crippen LogP contribution >= 0.6 is 15.9 Å². The largest absolute Gasteiger partial charge is 0.341 e. The van der Waals surface area contributed by atoms with Gasteiger partial charge in [-0.25, -0.2) is 0 Å². The van der Waals surface area contributed by atoms with Crippen LogP contribution in [0, 0.1) is 16.0 Å². The minimum absolute atomic E-state index is 0.0641. The lowest BCUT2D eigenvalue weighted by Crippen LogP contribution is -2.31. The summed E-state index contributed by atoms with van der Waals surface area (Å²) in [6, 6.07) is 4.27. The molecule has 2 rings (SSSR count). The van der Waals surface area contributed by atoms with Crippen molar-refractivity contribution in [3.05, 3.63) is 38.3 Å². The zero-order chi connectivity index (χ0) is 14.7. The first-order chi connectivity index (χ1) is 9.49. The molecule has 0 N–H and O–H groups in total. The number of benzene rings is 1. The lowest BCUT2D eigenvalue weighted by atomic mass is 10.1. The molecule has 0 radical (unpaired) electrons. The Morgan fingerprint density at radius 2 is 2.10 bits per heavy atom. The van der Waals surface area contributed by atoms with Crippen LogP contribution in [0.5, 0.6) is 0 Å². The van der Waals surface area contributed by atoms with E-state index in [9.17, 15) is 14.9 Å². The van der Waals surface area contributed by atoms with E-state index in [4.69, 9.17) is 0 Å². The second kappa shape index (κ2) is 6.35. The average Bonchev–Trinajstić information content (AvgIpc) is 2.91. The Bertz CT molecular complexity index is 527. The van der Waals surface area contributed by atoms with Crippen molar-refractivity contribution in [1.29, 1.82) is 0 Å². The zero-order valence-electron chi connectivity index (χ0n) is 11.3. The monoisotopic (exact) mass is 340 g/mol. The normalized spacial score (nSPS) is 15.3. The number of hydrogen-bond donors (Lipinski definition) is 0. The van der Waals surface area contributed by atoms with Crippen molar-refractivity contribution in [2.45, 2.75) is 25.7 Å². The fraction of sp³-hybridized carbons (Fsp3) is 0.500. The molecule has 1 amide bonds. The van der Waals surface area contributed by atoms with Crippen molar-refractivity contribution in [2.24, 2.45) is 5.92 Å². The van der Waals surface area contributed by atoms with Crippen LogP contribution in [0.2, 0.25) is 0 Å². The number of rotatable bonds is 4. The number of halogens is 1. The molecule has 0 bridgehead atoms. The molecule has 6 heteroatoms. The van der Waals surface area contributed by atoms with Crippen LogP contribution in [0.15, 0.2) is 22.7 Å². The van der Waals surface area contributed by atoms with Gasteiger partial charge in [0.25, 0.3) is 11.6 Å². The predicted molar refractivity (Wildman–Crippen MR) is 79.7 cm³/mol. The van der Waals surface area contributed by atoms with Gasteiger partial charge in [0.2, 0.25) is 0 Å². The summed E-state index contributed by atoms with van der Waals surface area (Å²) in [6.07, 6.45) is 4.78. The quantitative estimate of drug-likeness (QED) is 0.621. The Labute approximate surface area is 126 Å². The highest BCUT2D eigenvalue weighted by Gasteiger charge is 2.22. The van der Waals surface area contributed by atoms with E-state index in [1.807, 2.05) is 0 Å². The summed E-state index contributed by atoms with van der Waals surface area (Å²) in [7, 11) is 1.76. The summed E-state index contributed by atoms with van der Waals surface area (Å²) in [5.41, 5.74) is 0.283. The first-order valence-electron chi connectivity index (χ1n) is 6.68. The van der Waals surface area contributed by atoms with Crippen molar-refractivity contribution < 1.29 is 9.72 Å². The Hall–Kier alpha value is -1.43. The molecule has 0 saturated heterocycles. The third-order valence-corrected chi connectivity index (χ3v) is 4.44. The first-order valence-corrected chi connectivity index (χ1v) is 7.47. The second-order valence-corrected chi connectivity index (χ2v) is 6.11. The maximum atomic E-state index is 12.4. The van der Waals surface area contributed by atoms with Crippen molar-refractivity contribution in [1.82, 2.24) is 4.90 Å². The Morgan fingerprint density at radius 1 is 1.45 bits per heavy atom. The minimum Gasteiger partial charge on any atom is -0.341 e. The van der Waals surface area contributed by atoms with E-state index in [0.29, 0.717) is 22.5 Å². The molecule has 1 aliphatic rings. The van der Waals surface area contributed by atoms with Crippen molar-refractivity contribution in [2.75, 3.05) is 13.6 Å². The van der Waals surface area contributed by atoms with E-state index >= 15 is 0 Å². The van der Waals surface area contributed by atoms with Gasteiger partial charge in [-0.1, -0.05) is 12.8 Å². The first kappa shape index (κ1) is 15.0. The number of nitrogens with zero attached hydrogens (tertiary/aromatic N) is 2. The number of nitro benzene ring substituents is 1. The number of amides is 1. The van der Waals surface area contributed by atoms with Gasteiger partial charge in [-0.3, -0.25) is 14.9 Å². The summed E-state index contributed by atoms with van der Waals surface area (Å²) in [6.45, 7) is 0.716. The smallest absolute Gasteiger partial charge is 0.270 e. The molecule has 0 spiro atoms. The molecule has 0 unspecified atom stereocenters. The fourth-order valence-electron chi connectivity index (χ4n) is 2.66. The van der Waals surface area contributed by atoms with Crippen LogP contribution in [-0.4, -0.2) is 29.3 Å².